The van der Waals surface area contributed by atoms with Crippen LogP contribution in [-0.2, 0) is 37.3 Å². The van der Waals surface area contributed by atoms with E-state index in [0.717, 1.165) is 18.2 Å². The Labute approximate surface area is 335 Å². The largest absolute Gasteiger partial charge is 0.506 e. The Hall–Kier alpha value is -5.59. The standard InChI is InChI=1S/C34H29N7O12S3.Cu/c1-35-19-6-8-23-18(12-19)13-32(56(50,51)52)33(34(23)43)41-39-28-17-31(53-2)29(16-30(28)42)40-38-27-11-10-26(24-9-7-22(15-25(24)27)55(47,48)49)37-36-20-4-3-5-21(14-20)54(44,45)46;/h3-17,35,42-43,47-49H,1-2H3,(H,44,45,46)(H,50,51,52);. The number of methoxy groups -OCH3 is 1. The fourth-order valence-electron chi connectivity index (χ4n) is 5.34. The van der Waals surface area contributed by atoms with Crippen molar-refractivity contribution in [3.63, 3.8) is 0 Å². The first-order valence-electron chi connectivity index (χ1n) is 15.6. The van der Waals surface area contributed by atoms with Crippen molar-refractivity contribution in [1.82, 2.24) is 0 Å². The number of phenolic OH excluding ortho intramolecular Hbond substituents is 2. The van der Waals surface area contributed by atoms with Gasteiger partial charge in [0.2, 0.25) is 0 Å². The molecule has 6 rings (SSSR count). The Morgan fingerprint density at radius 1 is 0.596 bits per heavy atom. The molecule has 23 heteroatoms. The number of anilines is 1. The first-order chi connectivity index (χ1) is 26.4. The minimum absolute atomic E-state index is 0. The number of rotatable bonds is 11. The maximum atomic E-state index is 12.3. The summed E-state index contributed by atoms with van der Waals surface area (Å²) in [6.07, 6.45) is 0. The van der Waals surface area contributed by atoms with Crippen LogP contribution in [0.25, 0.3) is 21.5 Å². The van der Waals surface area contributed by atoms with E-state index in [2.05, 4.69) is 36.0 Å². The first-order valence-corrected chi connectivity index (χ1v) is 20.0. The Kier molecular flexibility index (Phi) is 12.3. The maximum Gasteiger partial charge on any atom is 0.296 e. The van der Waals surface area contributed by atoms with Gasteiger partial charge in [-0.3, -0.25) is 9.11 Å². The molecular formula is C34H29CuN7O12S3. The molecule has 0 aliphatic rings. The summed E-state index contributed by atoms with van der Waals surface area (Å²) in [5, 5.41) is 50.1. The van der Waals surface area contributed by atoms with Gasteiger partial charge < -0.3 is 33.9 Å². The molecular weight excluding hydrogens is 858 g/mol. The summed E-state index contributed by atoms with van der Waals surface area (Å²) in [6, 6.07) is 19.9. The van der Waals surface area contributed by atoms with Crippen molar-refractivity contribution < 1.29 is 71.6 Å². The second-order valence-electron chi connectivity index (χ2n) is 11.6. The second-order valence-corrected chi connectivity index (χ2v) is 16.0. The molecule has 19 nitrogen and oxygen atoms in total. The van der Waals surface area contributed by atoms with Gasteiger partial charge in [-0.15, -0.1) is 25.6 Å². The van der Waals surface area contributed by atoms with Gasteiger partial charge in [0.25, 0.3) is 20.2 Å². The van der Waals surface area contributed by atoms with Gasteiger partial charge in [0.15, 0.2) is 5.75 Å². The van der Waals surface area contributed by atoms with Gasteiger partial charge in [0.05, 0.1) is 34.0 Å². The molecule has 0 aliphatic carbocycles. The molecule has 1 radical (unpaired) electrons. The Bertz CT molecular complexity index is 2870. The fourth-order valence-corrected chi connectivity index (χ4v) is 7.04. The zero-order valence-electron chi connectivity index (χ0n) is 29.0. The van der Waals surface area contributed by atoms with Gasteiger partial charge in [-0.1, -0.05) is 12.1 Å². The van der Waals surface area contributed by atoms with Crippen LogP contribution in [0.5, 0.6) is 17.2 Å². The van der Waals surface area contributed by atoms with Crippen molar-refractivity contribution in [2.45, 2.75) is 14.7 Å². The van der Waals surface area contributed by atoms with Gasteiger partial charge in [-0.25, -0.2) is 0 Å². The average Bonchev–Trinajstić information content (AvgIpc) is 3.15. The topological polar surface area (TPSA) is 305 Å². The molecule has 6 aromatic rings. The summed E-state index contributed by atoms with van der Waals surface area (Å²) >= 11 is 0. The molecule has 0 saturated heterocycles. The number of azo groups is 3. The second kappa shape index (κ2) is 16.5. The van der Waals surface area contributed by atoms with Crippen LogP contribution in [-0.4, -0.2) is 64.0 Å². The summed E-state index contributed by atoms with van der Waals surface area (Å²) in [4.78, 5) is -1.41. The maximum absolute atomic E-state index is 12.3. The average molecular weight is 887 g/mol. The van der Waals surface area contributed by atoms with Crippen LogP contribution < -0.4 is 10.1 Å². The van der Waals surface area contributed by atoms with Crippen LogP contribution in [0, 0.1) is 0 Å². The van der Waals surface area contributed by atoms with E-state index in [9.17, 15) is 49.8 Å². The molecule has 301 valence electrons. The van der Waals surface area contributed by atoms with E-state index >= 15 is 0 Å². The monoisotopic (exact) mass is 886 g/mol. The van der Waals surface area contributed by atoms with Gasteiger partial charge in [-0.05, 0) is 72.1 Å². The summed E-state index contributed by atoms with van der Waals surface area (Å²) < 4.78 is 102. The Balaban J connectivity index is 0.00000620. The van der Waals surface area contributed by atoms with Gasteiger partial charge in [-0.2, -0.15) is 21.9 Å². The van der Waals surface area contributed by atoms with E-state index in [-0.39, 0.29) is 72.3 Å². The quantitative estimate of drug-likeness (QED) is 0.0342. The summed E-state index contributed by atoms with van der Waals surface area (Å²) in [6.45, 7) is 0. The molecule has 57 heavy (non-hydrogen) atoms. The van der Waals surface area contributed by atoms with Crippen molar-refractivity contribution in [1.29, 1.82) is 0 Å². The van der Waals surface area contributed by atoms with Crippen LogP contribution in [0.3, 0.4) is 0 Å². The molecule has 0 bridgehead atoms. The zero-order valence-corrected chi connectivity index (χ0v) is 32.4. The Morgan fingerprint density at radius 2 is 1.25 bits per heavy atom. The first kappa shape index (κ1) is 42.5. The summed E-state index contributed by atoms with van der Waals surface area (Å²) in [5.41, 5.74) is 0.103. The van der Waals surface area contributed by atoms with Gasteiger partial charge in [0, 0.05) is 58.1 Å². The van der Waals surface area contributed by atoms with Crippen molar-refractivity contribution in [2.75, 3.05) is 19.5 Å². The molecule has 0 aromatic heterocycles. The van der Waals surface area contributed by atoms with Crippen molar-refractivity contribution in [2.24, 2.45) is 30.7 Å². The molecule has 8 N–H and O–H groups in total. The summed E-state index contributed by atoms with van der Waals surface area (Å²) in [7, 11) is -10.7. The molecule has 0 fully saturated rings. The Morgan fingerprint density at radius 3 is 1.89 bits per heavy atom. The molecule has 0 saturated carbocycles. The number of ether oxygens (including phenoxy) is 1. The van der Waals surface area contributed by atoms with Gasteiger partial charge in [0.1, 0.15) is 44.3 Å². The predicted molar refractivity (Wildman–Crippen MR) is 206 cm³/mol. The molecule has 0 amide bonds. The van der Waals surface area contributed by atoms with Crippen molar-refractivity contribution in [3.8, 4) is 17.2 Å². The smallest absolute Gasteiger partial charge is 0.296 e. The molecule has 0 spiro atoms. The van der Waals surface area contributed by atoms with Crippen LogP contribution in [0.15, 0.2) is 136 Å². The number of aromatic hydroxyl groups is 2. The molecule has 0 unspecified atom stereocenters. The van der Waals surface area contributed by atoms with E-state index in [0.29, 0.717) is 11.1 Å². The molecule has 0 heterocycles. The van der Waals surface area contributed by atoms with Crippen LogP contribution >= 0.6 is 10.9 Å². The third kappa shape index (κ3) is 9.35. The predicted octanol–water partition coefficient (Wildman–Crippen LogP) is 9.77. The van der Waals surface area contributed by atoms with E-state index in [1.54, 1.807) is 19.2 Å². The number of hydrogen-bond donors (Lipinski definition) is 8. The number of hydrogen-bond acceptors (Lipinski definition) is 17. The number of phenols is 2. The van der Waals surface area contributed by atoms with Crippen molar-refractivity contribution in [3.05, 3.63) is 91.0 Å². The van der Waals surface area contributed by atoms with Crippen LogP contribution in [0.1, 0.15) is 0 Å². The molecule has 0 aliphatic heterocycles. The number of nitrogens with one attached hydrogen (secondary N) is 1. The van der Waals surface area contributed by atoms with E-state index in [1.165, 1.54) is 67.8 Å². The number of fused-ring (bicyclic) bond motifs is 2. The SMILES string of the molecule is CNc1ccc2c(O)c(N=Nc3cc(OC)c(N=Nc4ccc(N=Nc5cccc(S(=O)(=O)O)c5)c5ccc(S(O)(O)O)cc45)cc3O)c(S(=O)(=O)O)cc2c1.[Cu]. The number of benzene rings is 6. The van der Waals surface area contributed by atoms with Crippen LogP contribution in [0.4, 0.5) is 39.8 Å². The zero-order chi connectivity index (χ0) is 40.6. The fraction of sp³-hybridized carbons (Fsp3) is 0.0588. The third-order valence-electron chi connectivity index (χ3n) is 8.06. The normalized spacial score (nSPS) is 12.8. The van der Waals surface area contributed by atoms with Gasteiger partial charge >= 0.3 is 0 Å². The van der Waals surface area contributed by atoms with E-state index in [4.69, 9.17) is 4.74 Å². The molecule has 6 aromatic carbocycles. The third-order valence-corrected chi connectivity index (χ3v) is 10.7. The molecule has 0 atom stereocenters. The summed E-state index contributed by atoms with van der Waals surface area (Å²) in [5.74, 6) is -1.15. The number of nitrogens with zero attached hydrogens (tertiary/aromatic N) is 6. The van der Waals surface area contributed by atoms with E-state index < -0.39 is 58.1 Å². The minimum atomic E-state index is -4.92. The van der Waals surface area contributed by atoms with Crippen molar-refractivity contribution >= 4 is 92.5 Å². The van der Waals surface area contributed by atoms with E-state index in [1.807, 2.05) is 0 Å². The minimum Gasteiger partial charge on any atom is -0.506 e. The van der Waals surface area contributed by atoms with Crippen LogP contribution in [0.2, 0.25) is 0 Å².